The van der Waals surface area contributed by atoms with Crippen LogP contribution in [-0.4, -0.2) is 30.0 Å². The summed E-state index contributed by atoms with van der Waals surface area (Å²) < 4.78 is 58.9. The van der Waals surface area contributed by atoms with E-state index < -0.39 is 15.6 Å². The molecule has 1 saturated heterocycles. The largest absolute Gasteiger partial charge is 0.741 e. The van der Waals surface area contributed by atoms with Gasteiger partial charge in [0.25, 0.3) is 0 Å². The maximum absolute atomic E-state index is 10.7. The fraction of sp³-hybridized carbons (Fsp3) is 0.263. The molecule has 1 fully saturated rings. The Balaban J connectivity index is 0.000000321. The van der Waals surface area contributed by atoms with E-state index in [0.29, 0.717) is 10.9 Å². The van der Waals surface area contributed by atoms with E-state index in [4.69, 9.17) is 36.2 Å². The molecule has 1 aliphatic heterocycles. The van der Waals surface area contributed by atoms with Crippen LogP contribution in [0.3, 0.4) is 0 Å². The zero-order chi connectivity index (χ0) is 21.7. The molecule has 0 atom stereocenters. The van der Waals surface area contributed by atoms with Gasteiger partial charge >= 0.3 is 5.51 Å². The monoisotopic (exact) mass is 484 g/mol. The van der Waals surface area contributed by atoms with Gasteiger partial charge in [0.05, 0.1) is 0 Å². The fourth-order valence-electron chi connectivity index (χ4n) is 2.55. The third kappa shape index (κ3) is 7.53. The number of hydrogen-bond acceptors (Lipinski definition) is 3. The highest BCUT2D eigenvalue weighted by molar-refractivity contribution is 8.00. The Morgan fingerprint density at radius 3 is 2.00 bits per heavy atom. The van der Waals surface area contributed by atoms with Crippen LogP contribution in [0.5, 0.6) is 0 Å². The van der Waals surface area contributed by atoms with Crippen molar-refractivity contribution in [2.45, 2.75) is 18.3 Å². The van der Waals surface area contributed by atoms with E-state index in [1.165, 1.54) is 41.0 Å². The number of halogens is 5. The molecule has 1 heterocycles. The van der Waals surface area contributed by atoms with E-state index in [0.717, 1.165) is 10.0 Å². The van der Waals surface area contributed by atoms with Crippen molar-refractivity contribution in [2.24, 2.45) is 0 Å². The van der Waals surface area contributed by atoms with E-state index in [1.54, 1.807) is 0 Å². The minimum absolute atomic E-state index is 0.392. The van der Waals surface area contributed by atoms with Crippen molar-refractivity contribution in [1.82, 2.24) is 0 Å². The molecule has 158 valence electrons. The summed E-state index contributed by atoms with van der Waals surface area (Å²) in [7, 11) is -5.70. The van der Waals surface area contributed by atoms with E-state index in [1.807, 2.05) is 30.3 Å². The van der Waals surface area contributed by atoms with Crippen molar-refractivity contribution in [2.75, 3.05) is 11.5 Å². The molecule has 0 amide bonds. The van der Waals surface area contributed by atoms with E-state index >= 15 is 0 Å². The van der Waals surface area contributed by atoms with Crippen molar-refractivity contribution in [3.8, 4) is 0 Å². The molecule has 0 unspecified atom stereocenters. The highest BCUT2D eigenvalue weighted by atomic mass is 35.5. The first-order valence-corrected chi connectivity index (χ1v) is 12.2. The normalized spacial score (nSPS) is 15.7. The van der Waals surface area contributed by atoms with Gasteiger partial charge in [-0.3, -0.25) is 0 Å². The molecule has 0 aliphatic carbocycles. The summed E-state index contributed by atoms with van der Waals surface area (Å²) in [4.78, 5) is 0. The maximum atomic E-state index is 10.7. The average molecular weight is 485 g/mol. The van der Waals surface area contributed by atoms with Crippen molar-refractivity contribution in [1.29, 1.82) is 0 Å². The fourth-order valence-corrected chi connectivity index (χ4v) is 5.06. The second-order valence-electron chi connectivity index (χ2n) is 6.10. The third-order valence-electron chi connectivity index (χ3n) is 3.92. The zero-order valence-electron chi connectivity index (χ0n) is 15.0. The van der Waals surface area contributed by atoms with Crippen molar-refractivity contribution in [3.63, 3.8) is 0 Å². The Bertz CT molecular complexity index is 953. The molecule has 0 radical (unpaired) electrons. The lowest BCUT2D eigenvalue weighted by Gasteiger charge is -2.08. The first kappa shape index (κ1) is 24.1. The van der Waals surface area contributed by atoms with Gasteiger partial charge in [0.15, 0.2) is 10.1 Å². The number of rotatable bonds is 3. The maximum Gasteiger partial charge on any atom is 0.485 e. The summed E-state index contributed by atoms with van der Waals surface area (Å²) >= 11 is 12.2. The average Bonchev–Trinajstić information content (AvgIpc) is 3.13. The molecule has 10 heteroatoms. The van der Waals surface area contributed by atoms with Crippen LogP contribution in [0.4, 0.5) is 13.2 Å². The summed E-state index contributed by atoms with van der Waals surface area (Å²) in [5, 5.41) is 4.00. The number of alkyl halides is 3. The van der Waals surface area contributed by atoms with Crippen LogP contribution in [0.15, 0.2) is 53.9 Å². The summed E-state index contributed by atoms with van der Waals surface area (Å²) in [6.45, 7) is 0. The lowest BCUT2D eigenvalue weighted by Crippen LogP contribution is -2.21. The Morgan fingerprint density at radius 2 is 1.52 bits per heavy atom. The van der Waals surface area contributed by atoms with Crippen LogP contribution in [0, 0.1) is 0 Å². The molecule has 0 aromatic heterocycles. The predicted octanol–water partition coefficient (Wildman–Crippen LogP) is 5.85. The van der Waals surface area contributed by atoms with Gasteiger partial charge in [-0.1, -0.05) is 47.5 Å². The van der Waals surface area contributed by atoms with Gasteiger partial charge in [0.2, 0.25) is 0 Å². The van der Waals surface area contributed by atoms with Crippen LogP contribution in [0.2, 0.25) is 10.0 Å². The number of benzene rings is 2. The smallest absolute Gasteiger partial charge is 0.485 e. The molecule has 2 aromatic carbocycles. The topological polar surface area (TPSA) is 57.2 Å². The van der Waals surface area contributed by atoms with Gasteiger partial charge in [0.1, 0.15) is 16.9 Å². The van der Waals surface area contributed by atoms with Crippen LogP contribution < -0.4 is 0 Å². The summed E-state index contributed by atoms with van der Waals surface area (Å²) in [5.41, 5.74) is -1.97. The molecule has 3 nitrogen and oxygen atoms in total. The molecule has 3 rings (SSSR count). The second-order valence-corrected chi connectivity index (χ2v) is 10.5. The first-order chi connectivity index (χ1) is 13.5. The van der Waals surface area contributed by atoms with Crippen LogP contribution in [0.25, 0.3) is 5.57 Å². The zero-order valence-corrected chi connectivity index (χ0v) is 18.1. The quantitative estimate of drug-likeness (QED) is 0.312. The Hall–Kier alpha value is -1.19. The SMILES string of the molecule is Clc1ccc(C(=C[S+]2CCCC2)c2cccc(Cl)c2)cc1.O=S(=O)([O-])C(F)(F)F. The lowest BCUT2D eigenvalue weighted by atomic mass is 10.00. The third-order valence-corrected chi connectivity index (χ3v) is 7.17. The first-order valence-electron chi connectivity index (χ1n) is 8.39. The standard InChI is InChI=1S/C18H17Cl2S.CHF3O3S/c19-16-8-6-14(7-9-16)18(13-21-10-1-2-11-21)15-4-3-5-17(20)12-15;2-1(3,4)8(5,6)7/h3-9,12-13H,1-2,10-11H2;(H,5,6,7)/q+1;/p-1. The van der Waals surface area contributed by atoms with Gasteiger partial charge < -0.3 is 4.55 Å². The van der Waals surface area contributed by atoms with E-state index in [-0.39, 0.29) is 0 Å². The molecule has 0 spiro atoms. The Morgan fingerprint density at radius 1 is 0.966 bits per heavy atom. The molecular weight excluding hydrogens is 468 g/mol. The van der Waals surface area contributed by atoms with Gasteiger partial charge in [0, 0.05) is 26.5 Å². The van der Waals surface area contributed by atoms with Gasteiger partial charge in [-0.15, -0.1) is 0 Å². The minimum Gasteiger partial charge on any atom is -0.741 e. The van der Waals surface area contributed by atoms with Gasteiger partial charge in [-0.2, -0.15) is 13.2 Å². The highest BCUT2D eigenvalue weighted by Crippen LogP contribution is 2.29. The second kappa shape index (κ2) is 10.2. The molecule has 29 heavy (non-hydrogen) atoms. The summed E-state index contributed by atoms with van der Waals surface area (Å²) in [6, 6.07) is 16.2. The molecule has 0 saturated carbocycles. The van der Waals surface area contributed by atoms with Gasteiger partial charge in [-0.25, -0.2) is 8.42 Å². The summed E-state index contributed by atoms with van der Waals surface area (Å²) in [5.74, 6) is 2.63. The van der Waals surface area contributed by atoms with E-state index in [9.17, 15) is 13.2 Å². The molecule has 2 aromatic rings. The van der Waals surface area contributed by atoms with Crippen LogP contribution in [0.1, 0.15) is 24.0 Å². The van der Waals surface area contributed by atoms with Crippen LogP contribution >= 0.6 is 23.2 Å². The van der Waals surface area contributed by atoms with Crippen molar-refractivity contribution >= 4 is 49.8 Å². The van der Waals surface area contributed by atoms with Crippen molar-refractivity contribution < 1.29 is 26.1 Å². The Labute approximate surface area is 180 Å². The van der Waals surface area contributed by atoms with E-state index in [2.05, 4.69) is 23.6 Å². The van der Waals surface area contributed by atoms with Gasteiger partial charge in [-0.05, 0) is 48.2 Å². The summed E-state index contributed by atoms with van der Waals surface area (Å²) in [6.07, 6.45) is 2.70. The highest BCUT2D eigenvalue weighted by Gasteiger charge is 2.36. The Kier molecular flexibility index (Phi) is 8.48. The molecule has 1 aliphatic rings. The molecule has 0 bridgehead atoms. The molecule has 0 N–H and O–H groups in total. The number of hydrogen-bond donors (Lipinski definition) is 0. The van der Waals surface area contributed by atoms with Crippen molar-refractivity contribution in [3.05, 3.63) is 75.1 Å². The van der Waals surface area contributed by atoms with Crippen LogP contribution in [-0.2, 0) is 21.0 Å². The minimum atomic E-state index is -6.09. The predicted molar refractivity (Wildman–Crippen MR) is 112 cm³/mol. The molecular formula is C19H17Cl2F3O3S2. The lowest BCUT2D eigenvalue weighted by molar-refractivity contribution is -0.0517.